The summed E-state index contributed by atoms with van der Waals surface area (Å²) in [6.07, 6.45) is 2.96. The van der Waals surface area contributed by atoms with Crippen LogP contribution in [0.25, 0.3) is 22.0 Å². The molecule has 0 spiro atoms. The first-order chi connectivity index (χ1) is 15.7. The Morgan fingerprint density at radius 2 is 1.97 bits per heavy atom. The average Bonchev–Trinajstić information content (AvgIpc) is 3.18. The minimum Gasteiger partial charge on any atom is -0.390 e. The van der Waals surface area contributed by atoms with E-state index in [1.54, 1.807) is 18.3 Å². The normalized spacial score (nSPS) is 16.5. The highest BCUT2D eigenvalue weighted by atomic mass is 19.1. The van der Waals surface area contributed by atoms with E-state index in [1.807, 2.05) is 51.2 Å². The first kappa shape index (κ1) is 22.9. The second-order valence-electron chi connectivity index (χ2n) is 8.87. The number of benzene rings is 2. The molecule has 5 N–H and O–H groups in total. The number of aliphatic hydroxyl groups excluding tert-OH is 1. The summed E-state index contributed by atoms with van der Waals surface area (Å²) in [5.74, 6) is -1.23. The number of halogens is 2. The monoisotopic (exact) mass is 450 g/mol. The van der Waals surface area contributed by atoms with Crippen LogP contribution in [0.4, 0.5) is 14.5 Å². The van der Waals surface area contributed by atoms with E-state index in [9.17, 15) is 9.50 Å². The van der Waals surface area contributed by atoms with Crippen LogP contribution in [0.2, 0.25) is 0 Å². The van der Waals surface area contributed by atoms with Gasteiger partial charge in [-0.1, -0.05) is 24.3 Å². The SMILES string of the molecule is Cc1c[nH]c2c(-c3c(F)cc4c(c3F)CC(O)C(C)(C)N4)cccc12.NCc1ccccn1. The zero-order valence-electron chi connectivity index (χ0n) is 18.9. The number of fused-ring (bicyclic) bond motifs is 2. The van der Waals surface area contributed by atoms with Gasteiger partial charge in [0, 0.05) is 47.6 Å². The molecule has 5 nitrogen and oxygen atoms in total. The largest absolute Gasteiger partial charge is 0.390 e. The number of pyridine rings is 1. The summed E-state index contributed by atoms with van der Waals surface area (Å²) in [7, 11) is 0. The summed E-state index contributed by atoms with van der Waals surface area (Å²) in [5.41, 5.74) is 8.49. The molecule has 0 fully saturated rings. The third kappa shape index (κ3) is 4.34. The molecule has 5 rings (SSSR count). The van der Waals surface area contributed by atoms with E-state index in [-0.39, 0.29) is 12.0 Å². The van der Waals surface area contributed by atoms with Crippen LogP contribution in [0.1, 0.15) is 30.7 Å². The number of rotatable bonds is 2. The van der Waals surface area contributed by atoms with Crippen LogP contribution in [0.5, 0.6) is 0 Å². The van der Waals surface area contributed by atoms with Crippen LogP contribution in [0, 0.1) is 18.6 Å². The number of nitrogens with zero attached hydrogens (tertiary/aromatic N) is 1. The third-order valence-electron chi connectivity index (χ3n) is 6.13. The molecule has 0 saturated carbocycles. The summed E-state index contributed by atoms with van der Waals surface area (Å²) >= 11 is 0. The van der Waals surface area contributed by atoms with Gasteiger partial charge in [-0.15, -0.1) is 0 Å². The molecule has 33 heavy (non-hydrogen) atoms. The first-order valence-corrected chi connectivity index (χ1v) is 10.9. The predicted octanol–water partition coefficient (Wildman–Crippen LogP) is 5.07. The van der Waals surface area contributed by atoms with Gasteiger partial charge in [0.1, 0.15) is 11.6 Å². The zero-order chi connectivity index (χ0) is 23.8. The molecular formula is C26H28F2N4O. The Morgan fingerprint density at radius 3 is 2.64 bits per heavy atom. The number of H-pyrrole nitrogens is 1. The van der Waals surface area contributed by atoms with Gasteiger partial charge in [-0.25, -0.2) is 8.78 Å². The van der Waals surface area contributed by atoms with Gasteiger partial charge < -0.3 is 21.1 Å². The molecule has 1 aliphatic rings. The van der Waals surface area contributed by atoms with Gasteiger partial charge >= 0.3 is 0 Å². The summed E-state index contributed by atoms with van der Waals surface area (Å²) < 4.78 is 30.1. The van der Waals surface area contributed by atoms with Crippen molar-refractivity contribution in [2.24, 2.45) is 5.73 Å². The summed E-state index contributed by atoms with van der Waals surface area (Å²) in [6.45, 7) is 6.10. The number of aromatic amines is 1. The second-order valence-corrected chi connectivity index (χ2v) is 8.87. The summed E-state index contributed by atoms with van der Waals surface area (Å²) in [6, 6.07) is 12.5. The topological polar surface area (TPSA) is 87.0 Å². The molecule has 0 amide bonds. The quantitative estimate of drug-likeness (QED) is 0.343. The van der Waals surface area contributed by atoms with Crippen molar-refractivity contribution in [2.45, 2.75) is 45.4 Å². The van der Waals surface area contributed by atoms with E-state index < -0.39 is 23.3 Å². The van der Waals surface area contributed by atoms with Crippen molar-refractivity contribution in [3.63, 3.8) is 0 Å². The highest BCUT2D eigenvalue weighted by Crippen LogP contribution is 2.40. The van der Waals surface area contributed by atoms with Crippen LogP contribution in [-0.4, -0.2) is 26.7 Å². The molecule has 2 aromatic carbocycles. The van der Waals surface area contributed by atoms with Gasteiger partial charge in [-0.3, -0.25) is 4.98 Å². The molecule has 2 aromatic heterocycles. The van der Waals surface area contributed by atoms with Crippen LogP contribution in [0.15, 0.2) is 54.9 Å². The van der Waals surface area contributed by atoms with E-state index in [0.717, 1.165) is 16.6 Å². The lowest BCUT2D eigenvalue weighted by molar-refractivity contribution is 0.109. The van der Waals surface area contributed by atoms with Gasteiger partial charge in [0.25, 0.3) is 0 Å². The average molecular weight is 451 g/mol. The lowest BCUT2D eigenvalue weighted by Gasteiger charge is -2.38. The van der Waals surface area contributed by atoms with Gasteiger partial charge in [0.2, 0.25) is 0 Å². The number of anilines is 1. The van der Waals surface area contributed by atoms with E-state index in [4.69, 9.17) is 5.73 Å². The molecule has 4 aromatic rings. The first-order valence-electron chi connectivity index (χ1n) is 10.9. The van der Waals surface area contributed by atoms with Crippen molar-refractivity contribution in [1.82, 2.24) is 9.97 Å². The Morgan fingerprint density at radius 1 is 1.18 bits per heavy atom. The Balaban J connectivity index is 0.000000275. The smallest absolute Gasteiger partial charge is 0.139 e. The highest BCUT2D eigenvalue weighted by Gasteiger charge is 2.36. The lowest BCUT2D eigenvalue weighted by Crippen LogP contribution is -2.48. The van der Waals surface area contributed by atoms with Crippen LogP contribution in [0.3, 0.4) is 0 Å². The maximum Gasteiger partial charge on any atom is 0.139 e. The van der Waals surface area contributed by atoms with Crippen LogP contribution in [-0.2, 0) is 13.0 Å². The van der Waals surface area contributed by atoms with E-state index in [1.165, 1.54) is 6.07 Å². The van der Waals surface area contributed by atoms with Crippen molar-refractivity contribution in [3.05, 3.63) is 83.3 Å². The predicted molar refractivity (Wildman–Crippen MR) is 128 cm³/mol. The number of nitrogens with two attached hydrogens (primary N) is 1. The molecule has 0 radical (unpaired) electrons. The molecule has 172 valence electrons. The number of nitrogens with one attached hydrogen (secondary N) is 2. The van der Waals surface area contributed by atoms with Crippen LogP contribution < -0.4 is 11.1 Å². The molecular weight excluding hydrogens is 422 g/mol. The molecule has 3 heterocycles. The number of aryl methyl sites for hydroxylation is 1. The summed E-state index contributed by atoms with van der Waals surface area (Å²) in [4.78, 5) is 7.09. The van der Waals surface area contributed by atoms with Crippen molar-refractivity contribution >= 4 is 16.6 Å². The minimum atomic E-state index is -0.753. The number of para-hydroxylation sites is 1. The van der Waals surface area contributed by atoms with Crippen molar-refractivity contribution in [1.29, 1.82) is 0 Å². The molecule has 1 atom stereocenters. The van der Waals surface area contributed by atoms with Crippen LogP contribution >= 0.6 is 0 Å². The van der Waals surface area contributed by atoms with Crippen molar-refractivity contribution in [2.75, 3.05) is 5.32 Å². The summed E-state index contributed by atoms with van der Waals surface area (Å²) in [5, 5.41) is 14.3. The van der Waals surface area contributed by atoms with Gasteiger partial charge in [0.05, 0.1) is 28.4 Å². The molecule has 1 unspecified atom stereocenters. The molecule has 0 bridgehead atoms. The number of hydrogen-bond acceptors (Lipinski definition) is 4. The Kier molecular flexibility index (Phi) is 6.19. The molecule has 0 aliphatic carbocycles. The van der Waals surface area contributed by atoms with Crippen molar-refractivity contribution < 1.29 is 13.9 Å². The Bertz CT molecular complexity index is 1280. The van der Waals surface area contributed by atoms with Gasteiger partial charge in [-0.05, 0) is 44.5 Å². The van der Waals surface area contributed by atoms with E-state index >= 15 is 4.39 Å². The van der Waals surface area contributed by atoms with Crippen molar-refractivity contribution in [3.8, 4) is 11.1 Å². The third-order valence-corrected chi connectivity index (χ3v) is 6.13. The second kappa shape index (κ2) is 8.92. The maximum absolute atomic E-state index is 15.3. The fraction of sp³-hybridized carbons (Fsp3) is 0.269. The van der Waals surface area contributed by atoms with E-state index in [2.05, 4.69) is 15.3 Å². The number of hydrogen-bond donors (Lipinski definition) is 4. The zero-order valence-corrected chi connectivity index (χ0v) is 18.9. The number of aromatic nitrogens is 2. The fourth-order valence-electron chi connectivity index (χ4n) is 4.12. The highest BCUT2D eigenvalue weighted by molar-refractivity contribution is 5.96. The Labute approximate surface area is 191 Å². The van der Waals surface area contributed by atoms with E-state index in [0.29, 0.717) is 28.9 Å². The van der Waals surface area contributed by atoms with Gasteiger partial charge in [0.15, 0.2) is 0 Å². The Hall–Kier alpha value is -3.29. The molecule has 1 aliphatic heterocycles. The minimum absolute atomic E-state index is 0.0556. The molecule has 7 heteroatoms. The standard InChI is InChI=1S/C20H20F2N2O.C6H8N2/c1-10-9-23-19-11(10)5-4-6-12(19)17-14(21)8-15-13(18(17)22)7-16(25)20(2,3)24-15;7-5-6-3-1-2-4-8-6/h4-6,8-9,16,23-25H,7H2,1-3H3;1-4H,5,7H2. The lowest BCUT2D eigenvalue weighted by atomic mass is 9.84. The maximum atomic E-state index is 15.3. The van der Waals surface area contributed by atoms with Gasteiger partial charge in [-0.2, -0.15) is 0 Å². The fourth-order valence-corrected chi connectivity index (χ4v) is 4.12. The number of aliphatic hydroxyl groups is 1. The molecule has 0 saturated heterocycles.